The van der Waals surface area contributed by atoms with Crippen molar-refractivity contribution < 1.29 is 19.1 Å². The number of rotatable bonds is 8. The number of ether oxygens (including phenoxy) is 1. The molecule has 146 valence electrons. The van der Waals surface area contributed by atoms with E-state index in [4.69, 9.17) is 4.74 Å². The normalized spacial score (nSPS) is 14.0. The Balaban J connectivity index is 1.57. The molecular weight excluding hydrogens is 356 g/mol. The molecule has 1 fully saturated rings. The molecule has 3 rings (SSSR count). The van der Waals surface area contributed by atoms with Crippen molar-refractivity contribution >= 4 is 23.5 Å². The number of hydrogen-bond acceptors (Lipinski definition) is 4. The van der Waals surface area contributed by atoms with Gasteiger partial charge >= 0.3 is 5.97 Å². The molecule has 2 N–H and O–H groups in total. The highest BCUT2D eigenvalue weighted by atomic mass is 16.5. The fraction of sp³-hybridized carbons (Fsp3) is 0.318. The Hall–Kier alpha value is -3.15. The fourth-order valence-electron chi connectivity index (χ4n) is 2.93. The first-order valence-electron chi connectivity index (χ1n) is 9.49. The summed E-state index contributed by atoms with van der Waals surface area (Å²) in [4.78, 5) is 36.9. The largest absolute Gasteiger partial charge is 0.455 e. The van der Waals surface area contributed by atoms with Gasteiger partial charge in [-0.3, -0.25) is 14.4 Å². The molecule has 1 atom stereocenters. The van der Waals surface area contributed by atoms with E-state index in [1.807, 2.05) is 37.3 Å². The summed E-state index contributed by atoms with van der Waals surface area (Å²) in [6, 6.07) is 16.3. The molecular formula is C22H24N2O4. The third-order valence-electron chi connectivity index (χ3n) is 4.60. The smallest absolute Gasteiger partial charge is 0.313 e. The van der Waals surface area contributed by atoms with Gasteiger partial charge < -0.3 is 15.4 Å². The van der Waals surface area contributed by atoms with Gasteiger partial charge in [0.2, 0.25) is 0 Å². The predicted octanol–water partition coefficient (Wildman–Crippen LogP) is 3.25. The van der Waals surface area contributed by atoms with E-state index in [0.29, 0.717) is 17.7 Å². The monoisotopic (exact) mass is 380 g/mol. The zero-order valence-electron chi connectivity index (χ0n) is 15.8. The van der Waals surface area contributed by atoms with Gasteiger partial charge in [0.25, 0.3) is 11.8 Å². The van der Waals surface area contributed by atoms with Gasteiger partial charge in [-0.1, -0.05) is 49.4 Å². The van der Waals surface area contributed by atoms with Gasteiger partial charge in [-0.15, -0.1) is 0 Å². The molecule has 0 unspecified atom stereocenters. The van der Waals surface area contributed by atoms with Crippen molar-refractivity contribution in [2.24, 2.45) is 0 Å². The first kappa shape index (κ1) is 19.6. The van der Waals surface area contributed by atoms with Gasteiger partial charge in [0, 0.05) is 6.04 Å². The highest BCUT2D eigenvalue weighted by molar-refractivity contribution is 6.04. The maximum atomic E-state index is 12.4. The highest BCUT2D eigenvalue weighted by Crippen LogP contribution is 2.22. The van der Waals surface area contributed by atoms with Crippen LogP contribution in [0.3, 0.4) is 0 Å². The van der Waals surface area contributed by atoms with Crippen molar-refractivity contribution in [3.63, 3.8) is 0 Å². The van der Waals surface area contributed by atoms with Crippen LogP contribution in [0.15, 0.2) is 54.6 Å². The number of anilines is 1. The quantitative estimate of drug-likeness (QED) is 0.689. The van der Waals surface area contributed by atoms with Gasteiger partial charge in [0.1, 0.15) is 0 Å². The standard InChI is InChI=1S/C22H24N2O4/c1-2-17(15-8-4-3-5-9-15)22(27)28-14-20(25)24-19-11-7-6-10-18(19)21(26)23-16-12-13-16/h3-11,16-17H,2,12-14H2,1H3,(H,23,26)(H,24,25)/t17-/m1/s1. The molecule has 0 radical (unpaired) electrons. The molecule has 2 amide bonds. The average Bonchev–Trinajstić information content (AvgIpc) is 3.52. The minimum atomic E-state index is -0.483. The molecule has 1 aliphatic carbocycles. The third-order valence-corrected chi connectivity index (χ3v) is 4.60. The van der Waals surface area contributed by atoms with Crippen LogP contribution >= 0.6 is 0 Å². The second kappa shape index (κ2) is 9.17. The first-order valence-corrected chi connectivity index (χ1v) is 9.49. The molecule has 0 aliphatic heterocycles. The number of esters is 1. The number of hydrogen-bond donors (Lipinski definition) is 2. The van der Waals surface area contributed by atoms with Crippen LogP contribution in [0.1, 0.15) is 48.0 Å². The van der Waals surface area contributed by atoms with E-state index in [-0.39, 0.29) is 11.9 Å². The number of amides is 2. The lowest BCUT2D eigenvalue weighted by atomic mass is 9.97. The van der Waals surface area contributed by atoms with Crippen molar-refractivity contribution in [3.05, 3.63) is 65.7 Å². The number of carbonyl (C=O) groups is 3. The van der Waals surface area contributed by atoms with Crippen LogP contribution in [0.4, 0.5) is 5.69 Å². The molecule has 2 aromatic carbocycles. The van der Waals surface area contributed by atoms with E-state index in [0.717, 1.165) is 18.4 Å². The fourth-order valence-corrected chi connectivity index (χ4v) is 2.93. The van der Waals surface area contributed by atoms with Crippen molar-refractivity contribution in [1.82, 2.24) is 5.32 Å². The molecule has 0 heterocycles. The summed E-state index contributed by atoms with van der Waals surface area (Å²) in [7, 11) is 0. The Morgan fingerprint density at radius 3 is 2.39 bits per heavy atom. The van der Waals surface area contributed by atoms with Crippen molar-refractivity contribution in [1.29, 1.82) is 0 Å². The van der Waals surface area contributed by atoms with E-state index in [1.165, 1.54) is 0 Å². The summed E-state index contributed by atoms with van der Waals surface area (Å²) in [5.41, 5.74) is 1.65. The van der Waals surface area contributed by atoms with Crippen LogP contribution in [0.2, 0.25) is 0 Å². The molecule has 6 nitrogen and oxygen atoms in total. The molecule has 0 spiro atoms. The van der Waals surface area contributed by atoms with E-state index < -0.39 is 24.4 Å². The Morgan fingerprint density at radius 1 is 1.04 bits per heavy atom. The van der Waals surface area contributed by atoms with Crippen LogP contribution < -0.4 is 10.6 Å². The summed E-state index contributed by atoms with van der Waals surface area (Å²) < 4.78 is 5.21. The van der Waals surface area contributed by atoms with Crippen molar-refractivity contribution in [3.8, 4) is 0 Å². The Labute approximate surface area is 164 Å². The SMILES string of the molecule is CC[C@@H](C(=O)OCC(=O)Nc1ccccc1C(=O)NC1CC1)c1ccccc1. The Kier molecular flexibility index (Phi) is 6.42. The zero-order chi connectivity index (χ0) is 19.9. The molecule has 6 heteroatoms. The maximum absolute atomic E-state index is 12.4. The number of para-hydroxylation sites is 1. The molecule has 28 heavy (non-hydrogen) atoms. The van der Waals surface area contributed by atoms with Gasteiger partial charge in [-0.05, 0) is 37.0 Å². The lowest BCUT2D eigenvalue weighted by molar-refractivity contribution is -0.149. The minimum Gasteiger partial charge on any atom is -0.455 e. The van der Waals surface area contributed by atoms with Crippen LogP contribution in [0.25, 0.3) is 0 Å². The van der Waals surface area contributed by atoms with Crippen LogP contribution in [-0.2, 0) is 14.3 Å². The van der Waals surface area contributed by atoms with E-state index in [9.17, 15) is 14.4 Å². The molecule has 1 saturated carbocycles. The average molecular weight is 380 g/mol. The van der Waals surface area contributed by atoms with Crippen molar-refractivity contribution in [2.75, 3.05) is 11.9 Å². The minimum absolute atomic E-state index is 0.217. The Morgan fingerprint density at radius 2 is 1.71 bits per heavy atom. The number of carbonyl (C=O) groups excluding carboxylic acids is 3. The molecule has 1 aliphatic rings. The number of nitrogens with one attached hydrogen (secondary N) is 2. The molecule has 0 bridgehead atoms. The van der Waals surface area contributed by atoms with Gasteiger partial charge in [-0.25, -0.2) is 0 Å². The second-order valence-corrected chi connectivity index (χ2v) is 6.82. The van der Waals surface area contributed by atoms with E-state index >= 15 is 0 Å². The third kappa shape index (κ3) is 5.19. The summed E-state index contributed by atoms with van der Waals surface area (Å²) in [5, 5.41) is 5.56. The molecule has 0 aromatic heterocycles. The maximum Gasteiger partial charge on any atom is 0.313 e. The van der Waals surface area contributed by atoms with Gasteiger partial charge in [-0.2, -0.15) is 0 Å². The Bertz CT molecular complexity index is 847. The van der Waals surface area contributed by atoms with Gasteiger partial charge in [0.05, 0.1) is 17.2 Å². The summed E-state index contributed by atoms with van der Waals surface area (Å²) >= 11 is 0. The summed E-state index contributed by atoms with van der Waals surface area (Å²) in [6.07, 6.45) is 2.54. The predicted molar refractivity (Wildman–Crippen MR) is 106 cm³/mol. The van der Waals surface area contributed by atoms with Crippen molar-refractivity contribution in [2.45, 2.75) is 38.1 Å². The number of benzene rings is 2. The van der Waals surface area contributed by atoms with E-state index in [1.54, 1.807) is 24.3 Å². The molecule has 2 aromatic rings. The van der Waals surface area contributed by atoms with Crippen LogP contribution in [-0.4, -0.2) is 30.4 Å². The van der Waals surface area contributed by atoms with Gasteiger partial charge in [0.15, 0.2) is 6.61 Å². The lowest BCUT2D eigenvalue weighted by Gasteiger charge is -2.15. The second-order valence-electron chi connectivity index (χ2n) is 6.82. The molecule has 0 saturated heterocycles. The topological polar surface area (TPSA) is 84.5 Å². The van der Waals surface area contributed by atoms with E-state index in [2.05, 4.69) is 10.6 Å². The first-order chi connectivity index (χ1) is 13.6. The highest BCUT2D eigenvalue weighted by Gasteiger charge is 2.25. The summed E-state index contributed by atoms with van der Waals surface area (Å²) in [5.74, 6) is -1.55. The van der Waals surface area contributed by atoms with Crippen LogP contribution in [0.5, 0.6) is 0 Å². The van der Waals surface area contributed by atoms with Crippen LogP contribution in [0, 0.1) is 0 Å². The lowest BCUT2D eigenvalue weighted by Crippen LogP contribution is -2.28. The summed E-state index contributed by atoms with van der Waals surface area (Å²) in [6.45, 7) is 1.49. The zero-order valence-corrected chi connectivity index (χ0v) is 15.8.